The molecule has 0 fully saturated rings. The summed E-state index contributed by atoms with van der Waals surface area (Å²) in [5.41, 5.74) is -0.117. The van der Waals surface area contributed by atoms with Crippen LogP contribution in [-0.2, 0) is 4.79 Å². The van der Waals surface area contributed by atoms with Gasteiger partial charge in [-0.3, -0.25) is 4.79 Å². The SMILES string of the molecule is CCC(C)(C)NC(=O)C(C)NC(C)CC(C)C. The molecule has 0 aromatic heterocycles. The van der Waals surface area contributed by atoms with E-state index < -0.39 is 0 Å². The van der Waals surface area contributed by atoms with Crippen molar-refractivity contribution >= 4 is 5.91 Å². The molecule has 2 atom stereocenters. The molecule has 0 aromatic rings. The van der Waals surface area contributed by atoms with Crippen LogP contribution in [0.1, 0.15) is 61.3 Å². The van der Waals surface area contributed by atoms with Crippen molar-refractivity contribution in [3.63, 3.8) is 0 Å². The Bertz CT molecular complexity index is 236. The van der Waals surface area contributed by atoms with Crippen LogP contribution in [0.5, 0.6) is 0 Å². The summed E-state index contributed by atoms with van der Waals surface area (Å²) < 4.78 is 0. The van der Waals surface area contributed by atoms with E-state index in [9.17, 15) is 4.79 Å². The first-order valence-electron chi connectivity index (χ1n) is 6.76. The fraction of sp³-hybridized carbons (Fsp3) is 0.929. The molecule has 0 spiro atoms. The molecule has 3 heteroatoms. The van der Waals surface area contributed by atoms with Gasteiger partial charge >= 0.3 is 0 Å². The molecule has 0 aliphatic rings. The van der Waals surface area contributed by atoms with Crippen molar-refractivity contribution in [2.75, 3.05) is 0 Å². The zero-order valence-corrected chi connectivity index (χ0v) is 12.6. The molecule has 2 N–H and O–H groups in total. The van der Waals surface area contributed by atoms with Crippen molar-refractivity contribution in [1.82, 2.24) is 10.6 Å². The highest BCUT2D eigenvalue weighted by molar-refractivity contribution is 5.82. The molecule has 0 aliphatic carbocycles. The summed E-state index contributed by atoms with van der Waals surface area (Å²) in [4.78, 5) is 12.0. The Morgan fingerprint density at radius 3 is 2.12 bits per heavy atom. The minimum absolute atomic E-state index is 0.0902. The first-order valence-corrected chi connectivity index (χ1v) is 6.76. The van der Waals surface area contributed by atoms with Crippen molar-refractivity contribution in [3.8, 4) is 0 Å². The highest BCUT2D eigenvalue weighted by atomic mass is 16.2. The summed E-state index contributed by atoms with van der Waals surface area (Å²) >= 11 is 0. The summed E-state index contributed by atoms with van der Waals surface area (Å²) in [5, 5.41) is 6.41. The molecule has 102 valence electrons. The van der Waals surface area contributed by atoms with Gasteiger partial charge in [0, 0.05) is 11.6 Å². The minimum atomic E-state index is -0.130. The van der Waals surface area contributed by atoms with Gasteiger partial charge in [-0.25, -0.2) is 0 Å². The molecule has 0 saturated carbocycles. The fourth-order valence-electron chi connectivity index (χ4n) is 1.81. The zero-order chi connectivity index (χ0) is 13.6. The van der Waals surface area contributed by atoms with Crippen LogP contribution in [0.3, 0.4) is 0 Å². The Balaban J connectivity index is 4.14. The highest BCUT2D eigenvalue weighted by Crippen LogP contribution is 2.08. The number of rotatable bonds is 7. The molecule has 0 bridgehead atoms. The summed E-state index contributed by atoms with van der Waals surface area (Å²) in [5.74, 6) is 0.743. The Hall–Kier alpha value is -0.570. The van der Waals surface area contributed by atoms with Crippen LogP contribution in [0.2, 0.25) is 0 Å². The lowest BCUT2D eigenvalue weighted by Crippen LogP contribution is -2.52. The Labute approximate surface area is 107 Å². The maximum absolute atomic E-state index is 12.0. The molecule has 3 nitrogen and oxygen atoms in total. The molecule has 0 aromatic carbocycles. The quantitative estimate of drug-likeness (QED) is 0.720. The van der Waals surface area contributed by atoms with Crippen molar-refractivity contribution in [2.45, 2.75) is 78.9 Å². The monoisotopic (exact) mass is 242 g/mol. The summed E-state index contributed by atoms with van der Waals surface area (Å²) in [6, 6.07) is 0.245. The second-order valence-corrected chi connectivity index (χ2v) is 6.15. The molecule has 0 rings (SSSR count). The third-order valence-corrected chi connectivity index (χ3v) is 3.10. The van der Waals surface area contributed by atoms with E-state index in [4.69, 9.17) is 0 Å². The van der Waals surface area contributed by atoms with E-state index in [1.165, 1.54) is 0 Å². The predicted octanol–water partition coefficient (Wildman–Crippen LogP) is 2.70. The molecule has 0 aliphatic heterocycles. The van der Waals surface area contributed by atoms with Gasteiger partial charge in [0.25, 0.3) is 0 Å². The Kier molecular flexibility index (Phi) is 6.76. The van der Waals surface area contributed by atoms with Crippen molar-refractivity contribution < 1.29 is 4.79 Å². The van der Waals surface area contributed by atoms with Crippen LogP contribution >= 0.6 is 0 Å². The lowest BCUT2D eigenvalue weighted by molar-refractivity contribution is -0.124. The molecule has 0 radical (unpaired) electrons. The summed E-state index contributed by atoms with van der Waals surface area (Å²) in [7, 11) is 0. The highest BCUT2D eigenvalue weighted by Gasteiger charge is 2.22. The normalized spacial score (nSPS) is 15.8. The maximum atomic E-state index is 12.0. The number of carbonyl (C=O) groups excluding carboxylic acids is 1. The van der Waals surface area contributed by atoms with E-state index in [2.05, 4.69) is 52.2 Å². The van der Waals surface area contributed by atoms with Gasteiger partial charge in [-0.1, -0.05) is 20.8 Å². The Morgan fingerprint density at radius 2 is 1.71 bits per heavy atom. The average molecular weight is 242 g/mol. The molecular weight excluding hydrogens is 212 g/mol. The minimum Gasteiger partial charge on any atom is -0.350 e. The maximum Gasteiger partial charge on any atom is 0.237 e. The van der Waals surface area contributed by atoms with Crippen LogP contribution in [-0.4, -0.2) is 23.5 Å². The number of hydrogen-bond acceptors (Lipinski definition) is 2. The van der Waals surface area contributed by atoms with Gasteiger partial charge in [0.1, 0.15) is 0 Å². The van der Waals surface area contributed by atoms with Crippen LogP contribution < -0.4 is 10.6 Å². The van der Waals surface area contributed by atoms with E-state index in [0.717, 1.165) is 12.8 Å². The van der Waals surface area contributed by atoms with Crippen LogP contribution in [0, 0.1) is 5.92 Å². The first-order chi connectivity index (χ1) is 7.68. The third kappa shape index (κ3) is 7.37. The summed E-state index contributed by atoms with van der Waals surface area (Å²) in [6.45, 7) is 14.6. The lowest BCUT2D eigenvalue weighted by atomic mass is 10.0. The summed E-state index contributed by atoms with van der Waals surface area (Å²) in [6.07, 6.45) is 2.03. The predicted molar refractivity (Wildman–Crippen MR) is 74.0 cm³/mol. The van der Waals surface area contributed by atoms with E-state index >= 15 is 0 Å². The van der Waals surface area contributed by atoms with Gasteiger partial charge in [-0.2, -0.15) is 0 Å². The van der Waals surface area contributed by atoms with Gasteiger partial charge in [-0.05, 0) is 46.5 Å². The lowest BCUT2D eigenvalue weighted by Gasteiger charge is -2.28. The van der Waals surface area contributed by atoms with Crippen molar-refractivity contribution in [3.05, 3.63) is 0 Å². The second-order valence-electron chi connectivity index (χ2n) is 6.15. The van der Waals surface area contributed by atoms with Gasteiger partial charge in [0.15, 0.2) is 0 Å². The molecule has 0 heterocycles. The second kappa shape index (κ2) is 7.00. The van der Waals surface area contributed by atoms with E-state index in [1.54, 1.807) is 0 Å². The number of hydrogen-bond donors (Lipinski definition) is 2. The third-order valence-electron chi connectivity index (χ3n) is 3.10. The zero-order valence-electron chi connectivity index (χ0n) is 12.6. The van der Waals surface area contributed by atoms with Crippen molar-refractivity contribution in [1.29, 1.82) is 0 Å². The van der Waals surface area contributed by atoms with Gasteiger partial charge in [0.05, 0.1) is 6.04 Å². The van der Waals surface area contributed by atoms with Gasteiger partial charge in [0.2, 0.25) is 5.91 Å². The molecule has 2 unspecified atom stereocenters. The van der Waals surface area contributed by atoms with E-state index in [-0.39, 0.29) is 17.5 Å². The average Bonchev–Trinajstić information content (AvgIpc) is 2.15. The van der Waals surface area contributed by atoms with Crippen LogP contribution in [0.4, 0.5) is 0 Å². The van der Waals surface area contributed by atoms with Crippen LogP contribution in [0.25, 0.3) is 0 Å². The topological polar surface area (TPSA) is 41.1 Å². The fourth-order valence-corrected chi connectivity index (χ4v) is 1.81. The number of nitrogens with one attached hydrogen (secondary N) is 2. The molecule has 17 heavy (non-hydrogen) atoms. The van der Waals surface area contributed by atoms with Gasteiger partial charge < -0.3 is 10.6 Å². The van der Waals surface area contributed by atoms with Gasteiger partial charge in [-0.15, -0.1) is 0 Å². The molecule has 0 saturated heterocycles. The molecular formula is C14H30N2O. The van der Waals surface area contributed by atoms with E-state index in [1.807, 2.05) is 6.92 Å². The van der Waals surface area contributed by atoms with Crippen molar-refractivity contribution in [2.24, 2.45) is 5.92 Å². The Morgan fingerprint density at radius 1 is 1.18 bits per heavy atom. The standard InChI is InChI=1S/C14H30N2O/c1-8-14(6,7)16-13(17)12(5)15-11(4)9-10(2)3/h10-12,15H,8-9H2,1-7H3,(H,16,17). The molecule has 1 amide bonds. The van der Waals surface area contributed by atoms with E-state index in [0.29, 0.717) is 12.0 Å². The first kappa shape index (κ1) is 16.4. The smallest absolute Gasteiger partial charge is 0.237 e. The number of amides is 1. The van der Waals surface area contributed by atoms with Crippen LogP contribution in [0.15, 0.2) is 0 Å². The number of carbonyl (C=O) groups is 1. The largest absolute Gasteiger partial charge is 0.350 e.